The van der Waals surface area contributed by atoms with Gasteiger partial charge < -0.3 is 0 Å². The Kier molecular flexibility index (Phi) is 7.07. The lowest BCUT2D eigenvalue weighted by atomic mass is 9.86. The van der Waals surface area contributed by atoms with E-state index in [4.69, 9.17) is 0 Å². The molecule has 0 radical (unpaired) electrons. The fraction of sp³-hybridized carbons (Fsp3) is 0. The van der Waals surface area contributed by atoms with Gasteiger partial charge in [0, 0.05) is 0 Å². The van der Waals surface area contributed by atoms with Gasteiger partial charge in [-0.15, -0.1) is 0 Å². The van der Waals surface area contributed by atoms with Crippen molar-refractivity contribution >= 4 is 39.3 Å². The van der Waals surface area contributed by atoms with E-state index in [9.17, 15) is 0 Å². The molecule has 0 aromatic heterocycles. The van der Waals surface area contributed by atoms with E-state index in [1.807, 2.05) is 6.08 Å². The Labute approximate surface area is 236 Å². The molecular formula is C40H30. The van der Waals surface area contributed by atoms with Gasteiger partial charge in [-0.3, -0.25) is 0 Å². The Balaban J connectivity index is 1.42. The summed E-state index contributed by atoms with van der Waals surface area (Å²) in [5.74, 6) is 0. The van der Waals surface area contributed by atoms with Crippen LogP contribution in [0.5, 0.6) is 0 Å². The highest BCUT2D eigenvalue weighted by atomic mass is 14.2. The molecule has 0 nitrogen and oxygen atoms in total. The molecule has 0 saturated heterocycles. The highest BCUT2D eigenvalue weighted by Gasteiger charge is 2.15. The molecule has 0 saturated carbocycles. The summed E-state index contributed by atoms with van der Waals surface area (Å²) < 4.78 is 0. The lowest BCUT2D eigenvalue weighted by Crippen LogP contribution is -1.92. The molecule has 0 aliphatic heterocycles. The zero-order chi connectivity index (χ0) is 27.3. The minimum absolute atomic E-state index is 0.994. The first-order chi connectivity index (χ1) is 19.7. The molecule has 0 heteroatoms. The summed E-state index contributed by atoms with van der Waals surface area (Å²) in [5.41, 5.74) is 9.34. The molecule has 0 aliphatic carbocycles. The van der Waals surface area contributed by atoms with E-state index in [2.05, 4.69) is 159 Å². The molecule has 6 aromatic carbocycles. The maximum absolute atomic E-state index is 4.56. The molecule has 0 aliphatic rings. The van der Waals surface area contributed by atoms with Crippen LogP contribution in [0.2, 0.25) is 0 Å². The van der Waals surface area contributed by atoms with Crippen molar-refractivity contribution in [3.63, 3.8) is 0 Å². The summed E-state index contributed by atoms with van der Waals surface area (Å²) in [6.07, 6.45) is 10.2. The van der Waals surface area contributed by atoms with Gasteiger partial charge in [-0.2, -0.15) is 0 Å². The van der Waals surface area contributed by atoms with Crippen LogP contribution in [0, 0.1) is 0 Å². The number of fused-ring (bicyclic) bond motifs is 2. The third kappa shape index (κ3) is 4.96. The molecule has 0 atom stereocenters. The predicted molar refractivity (Wildman–Crippen MR) is 176 cm³/mol. The largest absolute Gasteiger partial charge is 0.0991 e. The van der Waals surface area contributed by atoms with Gasteiger partial charge in [-0.05, 0) is 78.2 Å². The van der Waals surface area contributed by atoms with E-state index < -0.39 is 0 Å². The SMILES string of the molecule is C=CC=Cc1cccc(-c2cccc(C=CC(=C)c3c4ccccc4c(-c4ccccc4)c4ccccc34)c2)c1. The number of rotatable bonds is 7. The van der Waals surface area contributed by atoms with Crippen molar-refractivity contribution in [3.05, 3.63) is 175 Å². The summed E-state index contributed by atoms with van der Waals surface area (Å²) in [6.45, 7) is 8.34. The monoisotopic (exact) mass is 510 g/mol. The standard InChI is InChI=1S/C40H30/c1-3-4-14-30-15-12-19-33(27-30)34-20-13-16-31(28-34)26-25-29(2)39-35-21-8-10-23-37(35)40(32-17-6-5-7-18-32)38-24-11-9-22-36(38)39/h3-28H,1-2H2. The maximum atomic E-state index is 4.56. The summed E-state index contributed by atoms with van der Waals surface area (Å²) >= 11 is 0. The minimum atomic E-state index is 0.994. The van der Waals surface area contributed by atoms with Gasteiger partial charge in [0.2, 0.25) is 0 Å². The summed E-state index contributed by atoms with van der Waals surface area (Å²) in [6, 6.07) is 45.3. The van der Waals surface area contributed by atoms with E-state index in [-0.39, 0.29) is 0 Å². The van der Waals surface area contributed by atoms with Crippen LogP contribution in [0.4, 0.5) is 0 Å². The molecule has 0 bridgehead atoms. The van der Waals surface area contributed by atoms with Gasteiger partial charge in [0.05, 0.1) is 0 Å². The minimum Gasteiger partial charge on any atom is -0.0991 e. The molecule has 0 spiro atoms. The molecule has 0 fully saturated rings. The second-order valence-electron chi connectivity index (χ2n) is 9.91. The van der Waals surface area contributed by atoms with Crippen LogP contribution in [0.25, 0.3) is 61.5 Å². The van der Waals surface area contributed by atoms with E-state index in [1.54, 1.807) is 6.08 Å². The van der Waals surface area contributed by atoms with Gasteiger partial charge in [-0.1, -0.05) is 159 Å². The fourth-order valence-corrected chi connectivity index (χ4v) is 5.49. The number of hydrogen-bond acceptors (Lipinski definition) is 0. The van der Waals surface area contributed by atoms with Crippen LogP contribution in [0.3, 0.4) is 0 Å². The van der Waals surface area contributed by atoms with E-state index in [0.717, 1.165) is 16.7 Å². The molecule has 0 N–H and O–H groups in total. The quantitative estimate of drug-likeness (QED) is 0.148. The molecular weight excluding hydrogens is 480 g/mol. The van der Waals surface area contributed by atoms with Gasteiger partial charge in [0.1, 0.15) is 0 Å². The second-order valence-corrected chi connectivity index (χ2v) is 9.91. The van der Waals surface area contributed by atoms with Crippen molar-refractivity contribution in [2.24, 2.45) is 0 Å². The lowest BCUT2D eigenvalue weighted by Gasteiger charge is -2.17. The smallest absolute Gasteiger partial charge is 0.00264 e. The molecule has 6 rings (SSSR count). The van der Waals surface area contributed by atoms with Gasteiger partial charge in [0.15, 0.2) is 0 Å². The third-order valence-corrected chi connectivity index (χ3v) is 7.32. The lowest BCUT2D eigenvalue weighted by molar-refractivity contribution is 1.58. The van der Waals surface area contributed by atoms with Crippen molar-refractivity contribution < 1.29 is 0 Å². The van der Waals surface area contributed by atoms with Gasteiger partial charge in [-0.25, -0.2) is 0 Å². The molecule has 40 heavy (non-hydrogen) atoms. The Morgan fingerprint density at radius 1 is 0.500 bits per heavy atom. The van der Waals surface area contributed by atoms with Crippen molar-refractivity contribution in [1.82, 2.24) is 0 Å². The number of hydrogen-bond donors (Lipinski definition) is 0. The van der Waals surface area contributed by atoms with Crippen LogP contribution in [0.1, 0.15) is 16.7 Å². The molecule has 190 valence electrons. The maximum Gasteiger partial charge on any atom is -0.00264 e. The highest BCUT2D eigenvalue weighted by molar-refractivity contribution is 6.19. The Bertz CT molecular complexity index is 1860. The van der Waals surface area contributed by atoms with Crippen molar-refractivity contribution in [3.8, 4) is 22.3 Å². The predicted octanol–water partition coefficient (Wildman–Crippen LogP) is 11.3. The Morgan fingerprint density at radius 3 is 1.57 bits per heavy atom. The summed E-state index contributed by atoms with van der Waals surface area (Å²) in [4.78, 5) is 0. The third-order valence-electron chi connectivity index (χ3n) is 7.32. The van der Waals surface area contributed by atoms with Crippen LogP contribution < -0.4 is 0 Å². The molecule has 0 amide bonds. The zero-order valence-corrected chi connectivity index (χ0v) is 22.4. The zero-order valence-electron chi connectivity index (χ0n) is 22.4. The van der Waals surface area contributed by atoms with E-state index >= 15 is 0 Å². The normalized spacial score (nSPS) is 11.5. The molecule has 0 heterocycles. The average molecular weight is 511 g/mol. The summed E-state index contributed by atoms with van der Waals surface area (Å²) in [7, 11) is 0. The number of allylic oxidation sites excluding steroid dienone is 4. The first-order valence-electron chi connectivity index (χ1n) is 13.6. The van der Waals surface area contributed by atoms with Crippen LogP contribution >= 0.6 is 0 Å². The Morgan fingerprint density at radius 2 is 1.00 bits per heavy atom. The second kappa shape index (κ2) is 11.3. The van der Waals surface area contributed by atoms with Crippen LogP contribution in [-0.2, 0) is 0 Å². The molecule has 0 unspecified atom stereocenters. The first kappa shape index (κ1) is 25.1. The fourth-order valence-electron chi connectivity index (χ4n) is 5.49. The topological polar surface area (TPSA) is 0 Å². The van der Waals surface area contributed by atoms with E-state index in [0.29, 0.717) is 0 Å². The van der Waals surface area contributed by atoms with Crippen molar-refractivity contribution in [2.75, 3.05) is 0 Å². The average Bonchev–Trinajstić information content (AvgIpc) is 3.02. The van der Waals surface area contributed by atoms with E-state index in [1.165, 1.54) is 49.4 Å². The van der Waals surface area contributed by atoms with Crippen LogP contribution in [-0.4, -0.2) is 0 Å². The Hall–Kier alpha value is -5.20. The number of benzene rings is 6. The van der Waals surface area contributed by atoms with Gasteiger partial charge >= 0.3 is 0 Å². The molecule has 6 aromatic rings. The van der Waals surface area contributed by atoms with Gasteiger partial charge in [0.25, 0.3) is 0 Å². The van der Waals surface area contributed by atoms with Crippen molar-refractivity contribution in [2.45, 2.75) is 0 Å². The van der Waals surface area contributed by atoms with Crippen LogP contribution in [0.15, 0.2) is 159 Å². The summed E-state index contributed by atoms with van der Waals surface area (Å²) in [5, 5.41) is 4.91. The first-order valence-corrected chi connectivity index (χ1v) is 13.6. The highest BCUT2D eigenvalue weighted by Crippen LogP contribution is 2.41. The van der Waals surface area contributed by atoms with Crippen molar-refractivity contribution in [1.29, 1.82) is 0 Å².